The first kappa shape index (κ1) is 15.7. The van der Waals surface area contributed by atoms with Crippen LogP contribution in [0.1, 0.15) is 0 Å². The van der Waals surface area contributed by atoms with Crippen molar-refractivity contribution >= 4 is 0 Å². The molecule has 5 atom stereocenters. The smallest absolute Gasteiger partial charge is 0.136 e. The van der Waals surface area contributed by atoms with E-state index >= 15 is 0 Å². The van der Waals surface area contributed by atoms with Crippen molar-refractivity contribution in [1.29, 1.82) is 0 Å². The Labute approximate surface area is 105 Å². The fraction of sp³-hybridized carbons (Fsp3) is 1.00. The van der Waals surface area contributed by atoms with Crippen LogP contribution in [-0.4, -0.2) is 99.1 Å². The van der Waals surface area contributed by atoms with Crippen LogP contribution >= 0.6 is 0 Å². The van der Waals surface area contributed by atoms with Gasteiger partial charge in [-0.1, -0.05) is 0 Å². The molecule has 8 heteroatoms. The van der Waals surface area contributed by atoms with Gasteiger partial charge in [-0.3, -0.25) is 4.90 Å². The van der Waals surface area contributed by atoms with Crippen molar-refractivity contribution in [2.24, 2.45) is 0 Å². The van der Waals surface area contributed by atoms with E-state index in [0.29, 0.717) is 26.3 Å². The molecule has 0 bridgehead atoms. The van der Waals surface area contributed by atoms with Crippen molar-refractivity contribution in [1.82, 2.24) is 4.90 Å². The van der Waals surface area contributed by atoms with Gasteiger partial charge in [0.15, 0.2) is 0 Å². The van der Waals surface area contributed by atoms with E-state index in [1.54, 1.807) is 0 Å². The summed E-state index contributed by atoms with van der Waals surface area (Å²) in [6.07, 6.45) is -8.10. The Kier molecular flexibility index (Phi) is 6.39. The molecule has 0 saturated carbocycles. The minimum Gasteiger partial charge on any atom is -0.394 e. The molecule has 1 aliphatic rings. The average molecular weight is 267 g/mol. The Morgan fingerprint density at radius 2 is 1.44 bits per heavy atom. The summed E-state index contributed by atoms with van der Waals surface area (Å²) in [4.78, 5) is 1.50. The minimum atomic E-state index is -1.76. The van der Waals surface area contributed by atoms with Gasteiger partial charge in [-0.15, -0.1) is 0 Å². The monoisotopic (exact) mass is 267 g/mol. The van der Waals surface area contributed by atoms with E-state index in [-0.39, 0.29) is 0 Å². The lowest BCUT2D eigenvalue weighted by atomic mass is 10.0. The lowest BCUT2D eigenvalue weighted by molar-refractivity contribution is -0.179. The summed E-state index contributed by atoms with van der Waals surface area (Å²) in [6, 6.07) is 0. The topological polar surface area (TPSA) is 134 Å². The molecule has 0 aromatic heterocycles. The SMILES string of the molecule is OC[C@@H](O)[C@H](O)[C@@H](O)[C@H](O)C(O)N1CCOCC1. The van der Waals surface area contributed by atoms with Crippen LogP contribution in [0, 0.1) is 0 Å². The van der Waals surface area contributed by atoms with E-state index in [9.17, 15) is 20.4 Å². The second-order valence-electron chi connectivity index (χ2n) is 4.28. The van der Waals surface area contributed by atoms with E-state index in [1.807, 2.05) is 0 Å². The molecule has 0 aromatic carbocycles. The van der Waals surface area contributed by atoms with Crippen LogP contribution < -0.4 is 0 Å². The van der Waals surface area contributed by atoms with Gasteiger partial charge >= 0.3 is 0 Å². The third kappa shape index (κ3) is 3.84. The van der Waals surface area contributed by atoms with Crippen molar-refractivity contribution in [2.75, 3.05) is 32.9 Å². The normalized spacial score (nSPS) is 26.3. The summed E-state index contributed by atoms with van der Waals surface area (Å²) in [5.41, 5.74) is 0. The Balaban J connectivity index is 2.53. The van der Waals surface area contributed by atoms with Gasteiger partial charge < -0.3 is 35.4 Å². The molecule has 1 saturated heterocycles. The van der Waals surface area contributed by atoms with Gasteiger partial charge in [0.2, 0.25) is 0 Å². The van der Waals surface area contributed by atoms with Gasteiger partial charge in [-0.25, -0.2) is 0 Å². The van der Waals surface area contributed by atoms with Crippen molar-refractivity contribution in [3.8, 4) is 0 Å². The third-order valence-corrected chi connectivity index (χ3v) is 3.01. The number of aliphatic hydroxyl groups is 6. The van der Waals surface area contributed by atoms with Crippen LogP contribution in [0.25, 0.3) is 0 Å². The highest BCUT2D eigenvalue weighted by molar-refractivity contribution is 4.85. The van der Waals surface area contributed by atoms with Crippen LogP contribution in [0.3, 0.4) is 0 Å². The van der Waals surface area contributed by atoms with E-state index in [0.717, 1.165) is 0 Å². The number of hydrogen-bond acceptors (Lipinski definition) is 8. The summed E-state index contributed by atoms with van der Waals surface area (Å²) in [5, 5.41) is 56.4. The van der Waals surface area contributed by atoms with Gasteiger partial charge in [0.25, 0.3) is 0 Å². The summed E-state index contributed by atoms with van der Waals surface area (Å²) < 4.78 is 5.07. The third-order valence-electron chi connectivity index (χ3n) is 3.01. The summed E-state index contributed by atoms with van der Waals surface area (Å²) in [7, 11) is 0. The molecule has 0 aromatic rings. The predicted molar refractivity (Wildman–Crippen MR) is 59.5 cm³/mol. The lowest BCUT2D eigenvalue weighted by Crippen LogP contribution is -2.56. The number of hydrogen-bond donors (Lipinski definition) is 6. The largest absolute Gasteiger partial charge is 0.394 e. The summed E-state index contributed by atoms with van der Waals surface area (Å²) in [6.45, 7) is 0.842. The molecule has 1 aliphatic heterocycles. The van der Waals surface area contributed by atoms with Crippen LogP contribution in [0.4, 0.5) is 0 Å². The highest BCUT2D eigenvalue weighted by Crippen LogP contribution is 2.12. The second kappa shape index (κ2) is 7.31. The molecule has 0 amide bonds. The molecule has 8 nitrogen and oxygen atoms in total. The maximum atomic E-state index is 9.82. The molecule has 0 aliphatic carbocycles. The van der Waals surface area contributed by atoms with Crippen LogP contribution in [0.5, 0.6) is 0 Å². The van der Waals surface area contributed by atoms with Gasteiger partial charge in [0, 0.05) is 13.1 Å². The number of aliphatic hydroxyl groups excluding tert-OH is 6. The highest BCUT2D eigenvalue weighted by atomic mass is 16.5. The number of nitrogens with zero attached hydrogens (tertiary/aromatic N) is 1. The Morgan fingerprint density at radius 1 is 0.889 bits per heavy atom. The van der Waals surface area contributed by atoms with Crippen molar-refractivity contribution < 1.29 is 35.4 Å². The number of rotatable bonds is 6. The van der Waals surface area contributed by atoms with Crippen LogP contribution in [0.2, 0.25) is 0 Å². The van der Waals surface area contributed by atoms with E-state index < -0.39 is 37.3 Å². The Morgan fingerprint density at radius 3 is 1.94 bits per heavy atom. The molecular weight excluding hydrogens is 246 g/mol. The fourth-order valence-corrected chi connectivity index (χ4v) is 1.77. The molecule has 6 N–H and O–H groups in total. The Bertz CT molecular complexity index is 228. The molecule has 108 valence electrons. The number of morpholine rings is 1. The predicted octanol–water partition coefficient (Wildman–Crippen LogP) is -3.93. The van der Waals surface area contributed by atoms with Crippen LogP contribution in [0.15, 0.2) is 0 Å². The van der Waals surface area contributed by atoms with Gasteiger partial charge in [0.05, 0.1) is 19.8 Å². The second-order valence-corrected chi connectivity index (χ2v) is 4.28. The van der Waals surface area contributed by atoms with Gasteiger partial charge in [0.1, 0.15) is 30.6 Å². The highest BCUT2D eigenvalue weighted by Gasteiger charge is 2.36. The molecule has 0 spiro atoms. The van der Waals surface area contributed by atoms with Gasteiger partial charge in [-0.2, -0.15) is 0 Å². The zero-order chi connectivity index (χ0) is 13.7. The number of ether oxygens (including phenoxy) is 1. The molecule has 18 heavy (non-hydrogen) atoms. The van der Waals surface area contributed by atoms with Crippen LogP contribution in [-0.2, 0) is 4.74 Å². The lowest BCUT2D eigenvalue weighted by Gasteiger charge is -2.36. The molecule has 0 radical (unpaired) electrons. The molecule has 1 fully saturated rings. The fourth-order valence-electron chi connectivity index (χ4n) is 1.77. The van der Waals surface area contributed by atoms with Crippen molar-refractivity contribution in [2.45, 2.75) is 30.6 Å². The summed E-state index contributed by atoms with van der Waals surface area (Å²) >= 11 is 0. The van der Waals surface area contributed by atoms with E-state index in [1.165, 1.54) is 4.90 Å². The zero-order valence-electron chi connectivity index (χ0n) is 9.96. The summed E-state index contributed by atoms with van der Waals surface area (Å²) in [5.74, 6) is 0. The maximum absolute atomic E-state index is 9.82. The first-order chi connectivity index (χ1) is 8.49. The first-order valence-electron chi connectivity index (χ1n) is 5.82. The first-order valence-corrected chi connectivity index (χ1v) is 5.82. The quantitative estimate of drug-likeness (QED) is 0.287. The molecular formula is C10H21NO7. The van der Waals surface area contributed by atoms with Crippen molar-refractivity contribution in [3.05, 3.63) is 0 Å². The maximum Gasteiger partial charge on any atom is 0.136 e. The molecule has 1 heterocycles. The standard InChI is InChI=1S/C10H21NO7/c12-5-6(13)7(14)8(15)9(16)10(17)11-1-3-18-4-2-11/h6-10,12-17H,1-5H2/t6-,7+,8-,9+,10?/m1/s1. The van der Waals surface area contributed by atoms with E-state index in [4.69, 9.17) is 14.9 Å². The van der Waals surface area contributed by atoms with Crippen molar-refractivity contribution in [3.63, 3.8) is 0 Å². The molecule has 1 rings (SSSR count). The van der Waals surface area contributed by atoms with E-state index in [2.05, 4.69) is 0 Å². The average Bonchev–Trinajstić information content (AvgIpc) is 2.44. The van der Waals surface area contributed by atoms with Gasteiger partial charge in [-0.05, 0) is 0 Å². The molecule has 1 unspecified atom stereocenters. The Hall–Kier alpha value is -0.320. The zero-order valence-corrected chi connectivity index (χ0v) is 9.96. The minimum absolute atomic E-state index is 0.392.